The van der Waals surface area contributed by atoms with Gasteiger partial charge >= 0.3 is 0 Å². The van der Waals surface area contributed by atoms with Gasteiger partial charge in [-0.3, -0.25) is 0 Å². The Morgan fingerprint density at radius 3 is 2.39 bits per heavy atom. The van der Waals surface area contributed by atoms with Gasteiger partial charge in [0.05, 0.1) is 0 Å². The van der Waals surface area contributed by atoms with Crippen LogP contribution in [0.4, 0.5) is 0 Å². The van der Waals surface area contributed by atoms with Gasteiger partial charge < -0.3 is 5.32 Å². The van der Waals surface area contributed by atoms with Crippen molar-refractivity contribution in [3.63, 3.8) is 0 Å². The van der Waals surface area contributed by atoms with Crippen LogP contribution in [0.1, 0.15) is 84.5 Å². The van der Waals surface area contributed by atoms with E-state index >= 15 is 0 Å². The van der Waals surface area contributed by atoms with Crippen LogP contribution in [-0.4, -0.2) is 12.6 Å². The Balaban J connectivity index is 1.75. The van der Waals surface area contributed by atoms with Crippen molar-refractivity contribution in [3.8, 4) is 0 Å². The van der Waals surface area contributed by atoms with Crippen LogP contribution in [0.3, 0.4) is 0 Å². The predicted octanol–water partition coefficient (Wildman–Crippen LogP) is 4.91. The van der Waals surface area contributed by atoms with Crippen LogP contribution in [0.5, 0.6) is 0 Å². The SMILES string of the molecule is CCC1CCCC(NCC2(CC)CCCC2)CC1. The Kier molecular flexibility index (Phi) is 5.54. The summed E-state index contributed by atoms with van der Waals surface area (Å²) in [6.45, 7) is 6.06. The van der Waals surface area contributed by atoms with Crippen molar-refractivity contribution in [2.24, 2.45) is 11.3 Å². The average molecular weight is 251 g/mol. The van der Waals surface area contributed by atoms with Crippen molar-refractivity contribution in [3.05, 3.63) is 0 Å². The van der Waals surface area contributed by atoms with Gasteiger partial charge in [0.25, 0.3) is 0 Å². The summed E-state index contributed by atoms with van der Waals surface area (Å²) in [5.74, 6) is 1.02. The Hall–Kier alpha value is -0.0400. The van der Waals surface area contributed by atoms with Gasteiger partial charge in [0.2, 0.25) is 0 Å². The van der Waals surface area contributed by atoms with E-state index < -0.39 is 0 Å². The minimum absolute atomic E-state index is 0.663. The molecule has 2 fully saturated rings. The van der Waals surface area contributed by atoms with Crippen molar-refractivity contribution in [1.29, 1.82) is 0 Å². The molecule has 0 aromatic heterocycles. The summed E-state index contributed by atoms with van der Waals surface area (Å²) >= 11 is 0. The molecule has 0 aliphatic heterocycles. The van der Waals surface area contributed by atoms with Crippen molar-refractivity contribution >= 4 is 0 Å². The number of rotatable bonds is 5. The molecule has 2 rings (SSSR count). The highest BCUT2D eigenvalue weighted by atomic mass is 14.9. The van der Waals surface area contributed by atoms with Gasteiger partial charge in [-0.1, -0.05) is 46.0 Å². The van der Waals surface area contributed by atoms with E-state index in [0.717, 1.165) is 12.0 Å². The Labute approximate surface area is 114 Å². The first-order valence-corrected chi connectivity index (χ1v) is 8.51. The minimum Gasteiger partial charge on any atom is -0.313 e. The lowest BCUT2D eigenvalue weighted by atomic mass is 9.83. The average Bonchev–Trinajstić information content (AvgIpc) is 2.76. The largest absolute Gasteiger partial charge is 0.313 e. The van der Waals surface area contributed by atoms with Crippen LogP contribution < -0.4 is 5.32 Å². The fraction of sp³-hybridized carbons (Fsp3) is 1.00. The fourth-order valence-corrected chi connectivity index (χ4v) is 4.13. The molecule has 0 spiro atoms. The maximum absolute atomic E-state index is 3.94. The lowest BCUT2D eigenvalue weighted by Gasteiger charge is -2.30. The molecule has 106 valence electrons. The minimum atomic E-state index is 0.663. The third-order valence-corrected chi connectivity index (χ3v) is 5.85. The van der Waals surface area contributed by atoms with Crippen LogP contribution in [-0.2, 0) is 0 Å². The molecule has 2 aliphatic rings. The fourth-order valence-electron chi connectivity index (χ4n) is 4.13. The molecule has 2 unspecified atom stereocenters. The quantitative estimate of drug-likeness (QED) is 0.685. The molecular formula is C17H33N. The highest BCUT2D eigenvalue weighted by molar-refractivity contribution is 4.87. The van der Waals surface area contributed by atoms with Crippen LogP contribution in [0.25, 0.3) is 0 Å². The summed E-state index contributed by atoms with van der Waals surface area (Å²) in [5.41, 5.74) is 0.663. The van der Waals surface area contributed by atoms with Gasteiger partial charge in [-0.25, -0.2) is 0 Å². The zero-order valence-electron chi connectivity index (χ0n) is 12.6. The second-order valence-electron chi connectivity index (χ2n) is 6.92. The van der Waals surface area contributed by atoms with E-state index in [1.54, 1.807) is 0 Å². The first-order chi connectivity index (χ1) is 8.78. The number of hydrogen-bond acceptors (Lipinski definition) is 1. The normalized spacial score (nSPS) is 32.3. The molecule has 2 saturated carbocycles. The summed E-state index contributed by atoms with van der Waals surface area (Å²) in [6, 6.07) is 0.825. The number of nitrogens with one attached hydrogen (secondary N) is 1. The molecule has 0 aromatic carbocycles. The molecule has 1 heteroatoms. The highest BCUT2D eigenvalue weighted by Gasteiger charge is 2.32. The van der Waals surface area contributed by atoms with Gasteiger partial charge in [0.1, 0.15) is 0 Å². The van der Waals surface area contributed by atoms with Gasteiger partial charge in [0, 0.05) is 12.6 Å². The molecule has 1 N–H and O–H groups in total. The predicted molar refractivity (Wildman–Crippen MR) is 79.8 cm³/mol. The van der Waals surface area contributed by atoms with E-state index in [1.807, 2.05) is 0 Å². The maximum Gasteiger partial charge on any atom is 0.00673 e. The van der Waals surface area contributed by atoms with Crippen LogP contribution >= 0.6 is 0 Å². The van der Waals surface area contributed by atoms with Gasteiger partial charge in [-0.2, -0.15) is 0 Å². The van der Waals surface area contributed by atoms with E-state index in [9.17, 15) is 0 Å². The monoisotopic (exact) mass is 251 g/mol. The molecule has 1 nitrogen and oxygen atoms in total. The summed E-state index contributed by atoms with van der Waals surface area (Å²) in [5, 5.41) is 3.94. The second kappa shape index (κ2) is 6.93. The molecule has 18 heavy (non-hydrogen) atoms. The Morgan fingerprint density at radius 2 is 1.72 bits per heavy atom. The van der Waals surface area contributed by atoms with E-state index in [0.29, 0.717) is 5.41 Å². The summed E-state index contributed by atoms with van der Waals surface area (Å²) in [6.07, 6.45) is 15.9. The zero-order chi connectivity index (χ0) is 12.8. The third-order valence-electron chi connectivity index (χ3n) is 5.85. The molecule has 0 aromatic rings. The standard InChI is InChI=1S/C17H33N/c1-3-15-8-7-9-16(11-10-15)18-14-17(4-2)12-5-6-13-17/h15-16,18H,3-14H2,1-2H3. The molecule has 2 aliphatic carbocycles. The van der Waals surface area contributed by atoms with Gasteiger partial charge in [0.15, 0.2) is 0 Å². The zero-order valence-corrected chi connectivity index (χ0v) is 12.6. The summed E-state index contributed by atoms with van der Waals surface area (Å²) in [7, 11) is 0. The van der Waals surface area contributed by atoms with Crippen LogP contribution in [0, 0.1) is 11.3 Å². The smallest absolute Gasteiger partial charge is 0.00673 e. The van der Waals surface area contributed by atoms with E-state index in [1.165, 1.54) is 77.2 Å². The molecule has 0 bridgehead atoms. The van der Waals surface area contributed by atoms with Crippen molar-refractivity contribution < 1.29 is 0 Å². The van der Waals surface area contributed by atoms with Crippen LogP contribution in [0.2, 0.25) is 0 Å². The molecule has 0 amide bonds. The lowest BCUT2D eigenvalue weighted by molar-refractivity contribution is 0.249. The first-order valence-electron chi connectivity index (χ1n) is 8.51. The topological polar surface area (TPSA) is 12.0 Å². The molecular weight excluding hydrogens is 218 g/mol. The van der Waals surface area contributed by atoms with E-state index in [-0.39, 0.29) is 0 Å². The van der Waals surface area contributed by atoms with Crippen molar-refractivity contribution in [1.82, 2.24) is 5.32 Å². The summed E-state index contributed by atoms with van der Waals surface area (Å²) in [4.78, 5) is 0. The molecule has 0 saturated heterocycles. The highest BCUT2D eigenvalue weighted by Crippen LogP contribution is 2.40. The van der Waals surface area contributed by atoms with E-state index in [4.69, 9.17) is 0 Å². The first kappa shape index (κ1) is 14.4. The molecule has 2 atom stereocenters. The Bertz CT molecular complexity index is 230. The second-order valence-corrected chi connectivity index (χ2v) is 6.92. The van der Waals surface area contributed by atoms with E-state index in [2.05, 4.69) is 19.2 Å². The van der Waals surface area contributed by atoms with Gasteiger partial charge in [-0.15, -0.1) is 0 Å². The lowest BCUT2D eigenvalue weighted by Crippen LogP contribution is -2.38. The Morgan fingerprint density at radius 1 is 0.944 bits per heavy atom. The van der Waals surface area contributed by atoms with Crippen molar-refractivity contribution in [2.75, 3.05) is 6.54 Å². The maximum atomic E-state index is 3.94. The molecule has 0 heterocycles. The third kappa shape index (κ3) is 3.73. The van der Waals surface area contributed by atoms with Gasteiger partial charge in [-0.05, 0) is 49.9 Å². The van der Waals surface area contributed by atoms with Crippen LogP contribution in [0.15, 0.2) is 0 Å². The number of hydrogen-bond donors (Lipinski definition) is 1. The summed E-state index contributed by atoms with van der Waals surface area (Å²) < 4.78 is 0. The molecule has 0 radical (unpaired) electrons. The van der Waals surface area contributed by atoms with Crippen molar-refractivity contribution in [2.45, 2.75) is 90.5 Å².